The first-order valence-electron chi connectivity index (χ1n) is 6.15. The molecule has 0 atom stereocenters. The van der Waals surface area contributed by atoms with Crippen molar-refractivity contribution in [1.29, 1.82) is 0 Å². The van der Waals surface area contributed by atoms with Crippen molar-refractivity contribution in [1.82, 2.24) is 10.2 Å². The highest BCUT2D eigenvalue weighted by molar-refractivity contribution is 5.91. The van der Waals surface area contributed by atoms with Crippen LogP contribution in [0.1, 0.15) is 26.7 Å². The van der Waals surface area contributed by atoms with E-state index in [1.54, 1.807) is 0 Å². The molecule has 0 unspecified atom stereocenters. The molecule has 3 heteroatoms. The Balaban J connectivity index is 1.99. The number of hydrogen-bond donors (Lipinski definition) is 1. The van der Waals surface area contributed by atoms with Crippen LogP contribution in [0.3, 0.4) is 0 Å². The van der Waals surface area contributed by atoms with Crippen molar-refractivity contribution >= 4 is 16.6 Å². The molecule has 88 valence electrons. The van der Waals surface area contributed by atoms with Gasteiger partial charge in [-0.1, -0.05) is 24.3 Å². The van der Waals surface area contributed by atoms with Gasteiger partial charge in [0, 0.05) is 16.3 Å². The predicted octanol–water partition coefficient (Wildman–Crippen LogP) is 3.23. The zero-order chi connectivity index (χ0) is 11.9. The van der Waals surface area contributed by atoms with Crippen LogP contribution < -0.4 is 5.32 Å². The lowest BCUT2D eigenvalue weighted by Crippen LogP contribution is -2.33. The van der Waals surface area contributed by atoms with E-state index in [0.717, 1.165) is 22.5 Å². The van der Waals surface area contributed by atoms with Crippen LogP contribution in [0.25, 0.3) is 10.8 Å². The molecule has 17 heavy (non-hydrogen) atoms. The molecule has 3 nitrogen and oxygen atoms in total. The molecule has 0 radical (unpaired) electrons. The summed E-state index contributed by atoms with van der Waals surface area (Å²) in [5.74, 6) is 1.67. The summed E-state index contributed by atoms with van der Waals surface area (Å²) in [6, 6.07) is 8.23. The number of benzene rings is 1. The Hall–Kier alpha value is -1.64. The maximum atomic E-state index is 4.24. The topological polar surface area (TPSA) is 37.8 Å². The molecule has 1 fully saturated rings. The maximum Gasteiger partial charge on any atom is 0.156 e. The molecule has 0 saturated heterocycles. The Kier molecular flexibility index (Phi) is 2.28. The van der Waals surface area contributed by atoms with E-state index in [1.165, 1.54) is 12.8 Å². The normalized spacial score (nSPS) is 16.1. The van der Waals surface area contributed by atoms with Crippen molar-refractivity contribution in [2.75, 3.05) is 5.32 Å². The minimum absolute atomic E-state index is 0.110. The quantitative estimate of drug-likeness (QED) is 0.874. The van der Waals surface area contributed by atoms with Crippen molar-refractivity contribution in [3.63, 3.8) is 0 Å². The van der Waals surface area contributed by atoms with Gasteiger partial charge in [-0.3, -0.25) is 0 Å². The number of fused-ring (bicyclic) bond motifs is 1. The molecule has 1 aliphatic carbocycles. The fraction of sp³-hybridized carbons (Fsp3) is 0.429. The summed E-state index contributed by atoms with van der Waals surface area (Å²) in [5, 5.41) is 14.1. The molecule has 1 aromatic heterocycles. The largest absolute Gasteiger partial charge is 0.363 e. The van der Waals surface area contributed by atoms with Crippen molar-refractivity contribution in [2.24, 2.45) is 5.92 Å². The highest BCUT2D eigenvalue weighted by Crippen LogP contribution is 2.41. The van der Waals surface area contributed by atoms with Gasteiger partial charge in [0.25, 0.3) is 0 Å². The summed E-state index contributed by atoms with van der Waals surface area (Å²) in [5.41, 5.74) is 0.110. The average molecular weight is 227 g/mol. The molecule has 1 aromatic carbocycles. The van der Waals surface area contributed by atoms with E-state index in [2.05, 4.69) is 41.5 Å². The highest BCUT2D eigenvalue weighted by Gasteiger charge is 2.38. The molecule has 0 aliphatic heterocycles. The molecule has 0 spiro atoms. The summed E-state index contributed by atoms with van der Waals surface area (Å²) in [7, 11) is 0. The third-order valence-corrected chi connectivity index (χ3v) is 3.61. The molecule has 1 N–H and O–H groups in total. The number of nitrogens with zero attached hydrogens (tertiary/aromatic N) is 2. The Morgan fingerprint density at radius 1 is 1.24 bits per heavy atom. The number of anilines is 1. The summed E-state index contributed by atoms with van der Waals surface area (Å²) < 4.78 is 0. The lowest BCUT2D eigenvalue weighted by molar-refractivity contribution is 0.492. The van der Waals surface area contributed by atoms with Crippen molar-refractivity contribution in [2.45, 2.75) is 32.2 Å². The molecule has 0 bridgehead atoms. The Bertz CT molecular complexity index is 539. The van der Waals surface area contributed by atoms with Crippen LogP contribution in [0, 0.1) is 5.92 Å². The zero-order valence-corrected chi connectivity index (χ0v) is 10.3. The van der Waals surface area contributed by atoms with Crippen LogP contribution in [0.5, 0.6) is 0 Å². The molecule has 1 heterocycles. The average Bonchev–Trinajstić information content (AvgIpc) is 3.13. The van der Waals surface area contributed by atoms with E-state index >= 15 is 0 Å². The smallest absolute Gasteiger partial charge is 0.156 e. The second-order valence-corrected chi connectivity index (χ2v) is 5.40. The molecule has 0 amide bonds. The van der Waals surface area contributed by atoms with Gasteiger partial charge in [-0.25, -0.2) is 0 Å². The first-order chi connectivity index (χ1) is 8.17. The molecule has 1 aliphatic rings. The van der Waals surface area contributed by atoms with E-state index < -0.39 is 0 Å². The van der Waals surface area contributed by atoms with Gasteiger partial charge in [0.05, 0.1) is 6.20 Å². The van der Waals surface area contributed by atoms with Gasteiger partial charge in [-0.05, 0) is 32.6 Å². The predicted molar refractivity (Wildman–Crippen MR) is 70.0 cm³/mol. The van der Waals surface area contributed by atoms with Crippen molar-refractivity contribution in [3.05, 3.63) is 30.5 Å². The molecule has 2 aromatic rings. The van der Waals surface area contributed by atoms with Crippen LogP contribution >= 0.6 is 0 Å². The number of aromatic nitrogens is 2. The SMILES string of the molecule is CC(C)(Nc1nncc2ccccc12)C1CC1. The minimum Gasteiger partial charge on any atom is -0.363 e. The third-order valence-electron chi connectivity index (χ3n) is 3.61. The van der Waals surface area contributed by atoms with Crippen LogP contribution in [0.2, 0.25) is 0 Å². The first kappa shape index (κ1) is 10.5. The lowest BCUT2D eigenvalue weighted by atomic mass is 9.98. The fourth-order valence-electron chi connectivity index (χ4n) is 2.33. The van der Waals surface area contributed by atoms with Crippen LogP contribution in [-0.2, 0) is 0 Å². The van der Waals surface area contributed by atoms with Gasteiger partial charge in [0.1, 0.15) is 0 Å². The summed E-state index contributed by atoms with van der Waals surface area (Å²) in [4.78, 5) is 0. The van der Waals surface area contributed by atoms with Gasteiger partial charge < -0.3 is 5.32 Å². The molecule has 1 saturated carbocycles. The highest BCUT2D eigenvalue weighted by atomic mass is 15.2. The minimum atomic E-state index is 0.110. The maximum absolute atomic E-state index is 4.24. The number of rotatable bonds is 3. The Labute approximate surface area is 101 Å². The van der Waals surface area contributed by atoms with Gasteiger partial charge in [0.15, 0.2) is 5.82 Å². The van der Waals surface area contributed by atoms with E-state index in [1.807, 2.05) is 18.3 Å². The summed E-state index contributed by atoms with van der Waals surface area (Å²) in [6.07, 6.45) is 4.45. The molecular weight excluding hydrogens is 210 g/mol. The Morgan fingerprint density at radius 2 is 2.00 bits per heavy atom. The first-order valence-corrected chi connectivity index (χ1v) is 6.15. The van der Waals surface area contributed by atoms with E-state index in [-0.39, 0.29) is 5.54 Å². The third kappa shape index (κ3) is 1.97. The van der Waals surface area contributed by atoms with Crippen LogP contribution in [-0.4, -0.2) is 15.7 Å². The summed E-state index contributed by atoms with van der Waals surface area (Å²) in [6.45, 7) is 4.49. The molecular formula is C14H17N3. The number of hydrogen-bond acceptors (Lipinski definition) is 3. The lowest BCUT2D eigenvalue weighted by Gasteiger charge is -2.27. The molecule has 3 rings (SSSR count). The Morgan fingerprint density at radius 3 is 2.76 bits per heavy atom. The van der Waals surface area contributed by atoms with Gasteiger partial charge in [-0.2, -0.15) is 5.10 Å². The number of nitrogens with one attached hydrogen (secondary N) is 1. The van der Waals surface area contributed by atoms with Gasteiger partial charge in [-0.15, -0.1) is 5.10 Å². The zero-order valence-electron chi connectivity index (χ0n) is 10.3. The second kappa shape index (κ2) is 3.69. The van der Waals surface area contributed by atoms with Crippen molar-refractivity contribution < 1.29 is 0 Å². The standard InChI is InChI=1S/C14H17N3/c1-14(2,11-7-8-11)16-13-12-6-4-3-5-10(12)9-15-17-13/h3-6,9,11H,7-8H2,1-2H3,(H,16,17). The summed E-state index contributed by atoms with van der Waals surface area (Å²) >= 11 is 0. The van der Waals surface area contributed by atoms with Gasteiger partial charge >= 0.3 is 0 Å². The van der Waals surface area contributed by atoms with Gasteiger partial charge in [0.2, 0.25) is 0 Å². The van der Waals surface area contributed by atoms with Crippen LogP contribution in [0.15, 0.2) is 30.5 Å². The van der Waals surface area contributed by atoms with E-state index in [4.69, 9.17) is 0 Å². The van der Waals surface area contributed by atoms with Crippen LogP contribution in [0.4, 0.5) is 5.82 Å². The van der Waals surface area contributed by atoms with E-state index in [0.29, 0.717) is 0 Å². The monoisotopic (exact) mass is 227 g/mol. The fourth-order valence-corrected chi connectivity index (χ4v) is 2.33. The second-order valence-electron chi connectivity index (χ2n) is 5.40. The van der Waals surface area contributed by atoms with Crippen molar-refractivity contribution in [3.8, 4) is 0 Å². The van der Waals surface area contributed by atoms with E-state index in [9.17, 15) is 0 Å².